The van der Waals surface area contributed by atoms with Crippen molar-refractivity contribution < 1.29 is 10.2 Å². The fraction of sp³-hybridized carbons (Fsp3) is 1.00. The van der Waals surface area contributed by atoms with Crippen LogP contribution in [-0.4, -0.2) is 47.0 Å². The van der Waals surface area contributed by atoms with Crippen LogP contribution in [0.25, 0.3) is 0 Å². The van der Waals surface area contributed by atoms with Crippen LogP contribution in [0.3, 0.4) is 0 Å². The third-order valence-electron chi connectivity index (χ3n) is 6.43. The van der Waals surface area contributed by atoms with Gasteiger partial charge in [0.1, 0.15) is 0 Å². The van der Waals surface area contributed by atoms with Crippen LogP contribution in [0, 0.1) is 0 Å². The summed E-state index contributed by atoms with van der Waals surface area (Å²) in [7, 11) is 0. The Kier molecular flexibility index (Phi) is 22.5. The maximum Gasteiger partial charge on any atom is 0.0584 e. The first-order valence-electron chi connectivity index (χ1n) is 13.1. The number of nitrogens with zero attached hydrogens (tertiary/aromatic N) is 1. The van der Waals surface area contributed by atoms with Crippen LogP contribution in [0.5, 0.6) is 0 Å². The van der Waals surface area contributed by atoms with Crippen LogP contribution in [-0.2, 0) is 0 Å². The molecule has 29 heavy (non-hydrogen) atoms. The zero-order valence-electron chi connectivity index (χ0n) is 20.3. The lowest BCUT2D eigenvalue weighted by molar-refractivity contribution is 0.0665. The Bertz CT molecular complexity index is 301. The van der Waals surface area contributed by atoms with Crippen molar-refractivity contribution in [2.45, 2.75) is 148 Å². The molecule has 0 aliphatic rings. The molecule has 0 saturated heterocycles. The lowest BCUT2D eigenvalue weighted by atomic mass is 10.0. The molecular weight excluding hydrogens is 358 g/mol. The lowest BCUT2D eigenvalue weighted by Crippen LogP contribution is -2.44. The molecule has 0 radical (unpaired) electrons. The summed E-state index contributed by atoms with van der Waals surface area (Å²) in [5.41, 5.74) is 0. The van der Waals surface area contributed by atoms with Crippen molar-refractivity contribution in [3.63, 3.8) is 0 Å². The first-order valence-corrected chi connectivity index (χ1v) is 13.1. The van der Waals surface area contributed by atoms with Gasteiger partial charge in [-0.25, -0.2) is 0 Å². The average molecular weight is 414 g/mol. The molecule has 0 saturated carbocycles. The minimum absolute atomic E-state index is 0.142. The predicted molar refractivity (Wildman–Crippen MR) is 129 cm³/mol. The maximum absolute atomic E-state index is 9.38. The van der Waals surface area contributed by atoms with E-state index in [0.717, 1.165) is 6.54 Å². The molecule has 176 valence electrons. The van der Waals surface area contributed by atoms with E-state index in [4.69, 9.17) is 0 Å². The molecule has 0 aromatic heterocycles. The summed E-state index contributed by atoms with van der Waals surface area (Å²) in [6, 6.07) is 0.283. The highest BCUT2D eigenvalue weighted by molar-refractivity contribution is 4.72. The van der Waals surface area contributed by atoms with E-state index in [0.29, 0.717) is 0 Å². The monoisotopic (exact) mass is 413 g/mol. The number of unbranched alkanes of at least 4 members (excludes halogenated alkanes) is 17. The molecule has 2 unspecified atom stereocenters. The van der Waals surface area contributed by atoms with Crippen LogP contribution < -0.4 is 0 Å². The molecule has 0 bridgehead atoms. The molecule has 0 aromatic rings. The number of aliphatic hydroxyl groups excluding tert-OH is 2. The summed E-state index contributed by atoms with van der Waals surface area (Å²) in [6.07, 6.45) is 25.2. The van der Waals surface area contributed by atoms with Crippen LogP contribution >= 0.6 is 0 Å². The second-order valence-electron chi connectivity index (χ2n) is 9.31. The Labute approximate surface area is 183 Å². The Balaban J connectivity index is 3.31. The molecule has 2 atom stereocenters. The summed E-state index contributed by atoms with van der Waals surface area (Å²) in [4.78, 5) is 2.24. The molecule has 0 heterocycles. The van der Waals surface area contributed by atoms with Gasteiger partial charge in [0.15, 0.2) is 0 Å². The fourth-order valence-electron chi connectivity index (χ4n) is 4.28. The molecule has 0 aromatic carbocycles. The van der Waals surface area contributed by atoms with Gasteiger partial charge in [0.25, 0.3) is 0 Å². The van der Waals surface area contributed by atoms with Crippen molar-refractivity contribution in [2.75, 3.05) is 19.8 Å². The zero-order chi connectivity index (χ0) is 21.6. The van der Waals surface area contributed by atoms with Crippen LogP contribution in [0.15, 0.2) is 0 Å². The van der Waals surface area contributed by atoms with E-state index in [1.165, 1.54) is 116 Å². The van der Waals surface area contributed by atoms with Crippen molar-refractivity contribution in [2.24, 2.45) is 0 Å². The second kappa shape index (κ2) is 22.6. The van der Waals surface area contributed by atoms with Gasteiger partial charge in [-0.1, -0.05) is 116 Å². The van der Waals surface area contributed by atoms with Crippen LogP contribution in [0.4, 0.5) is 0 Å². The molecule has 3 nitrogen and oxygen atoms in total. The number of hydrogen-bond donors (Lipinski definition) is 2. The van der Waals surface area contributed by atoms with E-state index in [-0.39, 0.29) is 25.3 Å². The van der Waals surface area contributed by atoms with E-state index >= 15 is 0 Å². The topological polar surface area (TPSA) is 43.7 Å². The van der Waals surface area contributed by atoms with Crippen LogP contribution in [0.2, 0.25) is 0 Å². The van der Waals surface area contributed by atoms with Crippen molar-refractivity contribution >= 4 is 0 Å². The highest BCUT2D eigenvalue weighted by Gasteiger charge is 2.18. The quantitative estimate of drug-likeness (QED) is 0.176. The van der Waals surface area contributed by atoms with Crippen molar-refractivity contribution in [1.29, 1.82) is 0 Å². The largest absolute Gasteiger partial charge is 0.395 e. The molecule has 0 fully saturated rings. The first kappa shape index (κ1) is 28.9. The summed E-state index contributed by atoms with van der Waals surface area (Å²) in [5, 5.41) is 18.8. The SMILES string of the molecule is CCCCCCCCCCCCCCCCCCCCN(C(C)CO)C(C)CO. The third kappa shape index (κ3) is 18.4. The molecule has 0 aliphatic heterocycles. The minimum atomic E-state index is 0.142. The van der Waals surface area contributed by atoms with Crippen molar-refractivity contribution in [3.8, 4) is 0 Å². The van der Waals surface area contributed by atoms with Gasteiger partial charge in [-0.15, -0.1) is 0 Å². The molecule has 3 heteroatoms. The molecule has 0 rings (SSSR count). The predicted octanol–water partition coefficient (Wildman–Crippen LogP) is 7.09. The summed E-state index contributed by atoms with van der Waals surface area (Å²) < 4.78 is 0. The average Bonchev–Trinajstić information content (AvgIpc) is 2.74. The first-order chi connectivity index (χ1) is 14.2. The van der Waals surface area contributed by atoms with Gasteiger partial charge in [-0.3, -0.25) is 4.90 Å². The third-order valence-corrected chi connectivity index (χ3v) is 6.43. The molecule has 0 amide bonds. The molecular formula is C26H55NO2. The number of aliphatic hydroxyl groups is 2. The Morgan fingerprint density at radius 1 is 0.483 bits per heavy atom. The van der Waals surface area contributed by atoms with Gasteiger partial charge in [0.2, 0.25) is 0 Å². The number of rotatable bonds is 23. The standard InChI is InChI=1S/C26H55NO2/c1-4-5-6-7-8-9-10-11-12-13-14-15-16-17-18-19-20-21-22-27(25(2)23-28)26(3)24-29/h25-26,28-29H,4-24H2,1-3H3. The fourth-order valence-corrected chi connectivity index (χ4v) is 4.28. The second-order valence-corrected chi connectivity index (χ2v) is 9.31. The van der Waals surface area contributed by atoms with E-state index in [1.54, 1.807) is 0 Å². The number of hydrogen-bond acceptors (Lipinski definition) is 3. The van der Waals surface area contributed by atoms with Crippen molar-refractivity contribution in [1.82, 2.24) is 4.90 Å². The normalized spacial score (nSPS) is 13.9. The molecule has 0 spiro atoms. The molecule has 0 aliphatic carbocycles. The Morgan fingerprint density at radius 2 is 0.759 bits per heavy atom. The van der Waals surface area contributed by atoms with E-state index in [9.17, 15) is 10.2 Å². The minimum Gasteiger partial charge on any atom is -0.395 e. The van der Waals surface area contributed by atoms with E-state index in [1.807, 2.05) is 13.8 Å². The summed E-state index contributed by atoms with van der Waals surface area (Å²) in [5.74, 6) is 0. The Hall–Kier alpha value is -0.120. The van der Waals surface area contributed by atoms with E-state index in [2.05, 4.69) is 11.8 Å². The van der Waals surface area contributed by atoms with Crippen molar-refractivity contribution in [3.05, 3.63) is 0 Å². The summed E-state index contributed by atoms with van der Waals surface area (Å²) in [6.45, 7) is 7.70. The van der Waals surface area contributed by atoms with E-state index < -0.39 is 0 Å². The Morgan fingerprint density at radius 3 is 1.03 bits per heavy atom. The highest BCUT2D eigenvalue weighted by Crippen LogP contribution is 2.15. The summed E-state index contributed by atoms with van der Waals surface area (Å²) >= 11 is 0. The molecule has 2 N–H and O–H groups in total. The van der Waals surface area contributed by atoms with Gasteiger partial charge < -0.3 is 10.2 Å². The van der Waals surface area contributed by atoms with Crippen LogP contribution in [0.1, 0.15) is 136 Å². The van der Waals surface area contributed by atoms with Gasteiger partial charge in [0.05, 0.1) is 13.2 Å². The van der Waals surface area contributed by atoms with Gasteiger partial charge in [-0.2, -0.15) is 0 Å². The van der Waals surface area contributed by atoms with Gasteiger partial charge >= 0.3 is 0 Å². The van der Waals surface area contributed by atoms with Gasteiger partial charge in [0, 0.05) is 12.1 Å². The highest BCUT2D eigenvalue weighted by atomic mass is 16.3. The van der Waals surface area contributed by atoms with Gasteiger partial charge in [-0.05, 0) is 26.8 Å². The lowest BCUT2D eigenvalue weighted by Gasteiger charge is -2.32. The zero-order valence-corrected chi connectivity index (χ0v) is 20.3. The maximum atomic E-state index is 9.38. The smallest absolute Gasteiger partial charge is 0.0584 e.